The van der Waals surface area contributed by atoms with Crippen LogP contribution < -0.4 is 21.1 Å². The van der Waals surface area contributed by atoms with Gasteiger partial charge < -0.3 is 21.1 Å². The molecular formula is C15H17N3O. The van der Waals surface area contributed by atoms with Gasteiger partial charge in [-0.2, -0.15) is 0 Å². The maximum atomic E-state index is 5.90. The largest absolute Gasteiger partial charge is 0.491 e. The molecule has 1 aliphatic rings. The van der Waals surface area contributed by atoms with Crippen LogP contribution in [0.2, 0.25) is 0 Å². The smallest absolute Gasteiger partial charge is 0.142 e. The Kier molecular flexibility index (Phi) is 2.91. The zero-order valence-electron chi connectivity index (χ0n) is 10.7. The highest BCUT2D eigenvalue weighted by atomic mass is 16.5. The van der Waals surface area contributed by atoms with Crippen LogP contribution >= 0.6 is 0 Å². The quantitative estimate of drug-likeness (QED) is 0.769. The molecule has 0 atom stereocenters. The zero-order valence-corrected chi connectivity index (χ0v) is 10.7. The number of benzene rings is 2. The summed E-state index contributed by atoms with van der Waals surface area (Å²) in [5, 5.41) is 0. The van der Waals surface area contributed by atoms with Gasteiger partial charge >= 0.3 is 0 Å². The fraction of sp³-hybridized carbons (Fsp3) is 0.200. The van der Waals surface area contributed by atoms with Gasteiger partial charge in [0.25, 0.3) is 0 Å². The molecule has 3 rings (SSSR count). The van der Waals surface area contributed by atoms with Crippen molar-refractivity contribution in [2.24, 2.45) is 0 Å². The minimum Gasteiger partial charge on any atom is -0.491 e. The number of ether oxygens (including phenoxy) is 1. The number of nitrogen functional groups attached to an aromatic ring is 2. The molecule has 0 unspecified atom stereocenters. The molecular weight excluding hydrogens is 238 g/mol. The maximum Gasteiger partial charge on any atom is 0.142 e. The number of hydrogen-bond acceptors (Lipinski definition) is 4. The Labute approximate surface area is 112 Å². The topological polar surface area (TPSA) is 64.5 Å². The average molecular weight is 255 g/mol. The van der Waals surface area contributed by atoms with Crippen molar-refractivity contribution in [2.45, 2.75) is 6.42 Å². The van der Waals surface area contributed by atoms with E-state index in [1.54, 1.807) is 0 Å². The summed E-state index contributed by atoms with van der Waals surface area (Å²) in [4.78, 5) is 2.22. The van der Waals surface area contributed by atoms with Crippen LogP contribution in [0.4, 0.5) is 22.7 Å². The highest BCUT2D eigenvalue weighted by Crippen LogP contribution is 2.36. The van der Waals surface area contributed by atoms with Crippen LogP contribution in [-0.4, -0.2) is 13.2 Å². The Morgan fingerprint density at radius 1 is 1.00 bits per heavy atom. The molecule has 0 saturated heterocycles. The summed E-state index contributed by atoms with van der Waals surface area (Å²) in [6, 6.07) is 13.8. The van der Waals surface area contributed by atoms with Crippen LogP contribution in [0.1, 0.15) is 6.42 Å². The number of hydrogen-bond donors (Lipinski definition) is 2. The van der Waals surface area contributed by atoms with Crippen LogP contribution in [0.3, 0.4) is 0 Å². The van der Waals surface area contributed by atoms with Crippen LogP contribution in [0.25, 0.3) is 0 Å². The first-order valence-electron chi connectivity index (χ1n) is 6.40. The van der Waals surface area contributed by atoms with Gasteiger partial charge in [-0.3, -0.25) is 0 Å². The lowest BCUT2D eigenvalue weighted by atomic mass is 10.2. The molecule has 0 bridgehead atoms. The summed E-state index contributed by atoms with van der Waals surface area (Å²) in [5.74, 6) is 0.912. The van der Waals surface area contributed by atoms with E-state index in [2.05, 4.69) is 11.0 Å². The Morgan fingerprint density at radius 3 is 2.68 bits per heavy atom. The lowest BCUT2D eigenvalue weighted by Crippen LogP contribution is -2.17. The molecule has 0 spiro atoms. The third-order valence-electron chi connectivity index (χ3n) is 3.32. The third-order valence-corrected chi connectivity index (χ3v) is 3.32. The Morgan fingerprint density at radius 2 is 1.84 bits per heavy atom. The van der Waals surface area contributed by atoms with Crippen molar-refractivity contribution in [2.75, 3.05) is 29.5 Å². The van der Waals surface area contributed by atoms with Gasteiger partial charge in [0.15, 0.2) is 0 Å². The van der Waals surface area contributed by atoms with Crippen LogP contribution in [0.5, 0.6) is 5.75 Å². The molecule has 1 heterocycles. The maximum absolute atomic E-state index is 5.90. The van der Waals surface area contributed by atoms with Crippen molar-refractivity contribution in [3.63, 3.8) is 0 Å². The highest BCUT2D eigenvalue weighted by molar-refractivity contribution is 5.76. The summed E-state index contributed by atoms with van der Waals surface area (Å²) in [5.41, 5.74) is 15.0. The first kappa shape index (κ1) is 11.7. The molecule has 0 saturated carbocycles. The molecule has 0 fully saturated rings. The number of nitrogens with two attached hydrogens (primary N) is 2. The number of nitrogens with zero attached hydrogens (tertiary/aromatic N) is 1. The number of rotatable bonds is 1. The second-order valence-electron chi connectivity index (χ2n) is 4.63. The lowest BCUT2D eigenvalue weighted by molar-refractivity contribution is 0.322. The van der Waals surface area contributed by atoms with E-state index < -0.39 is 0 Å². The van der Waals surface area contributed by atoms with Gasteiger partial charge in [-0.15, -0.1) is 0 Å². The normalized spacial score (nSPS) is 14.4. The molecule has 2 aromatic rings. The van der Waals surface area contributed by atoms with Crippen LogP contribution in [-0.2, 0) is 0 Å². The van der Waals surface area contributed by atoms with Gasteiger partial charge in [0.1, 0.15) is 5.75 Å². The molecule has 0 amide bonds. The minimum absolute atomic E-state index is 0.611. The van der Waals surface area contributed by atoms with E-state index in [0.29, 0.717) is 11.4 Å². The van der Waals surface area contributed by atoms with Crippen molar-refractivity contribution in [1.82, 2.24) is 0 Å². The molecule has 1 aliphatic heterocycles. The molecule has 2 aromatic carbocycles. The predicted molar refractivity (Wildman–Crippen MR) is 78.8 cm³/mol. The fourth-order valence-corrected chi connectivity index (χ4v) is 2.33. The Balaban J connectivity index is 2.06. The van der Waals surface area contributed by atoms with Gasteiger partial charge in [0, 0.05) is 12.2 Å². The molecule has 4 N–H and O–H groups in total. The van der Waals surface area contributed by atoms with Gasteiger partial charge in [-0.1, -0.05) is 12.1 Å². The molecule has 19 heavy (non-hydrogen) atoms. The average Bonchev–Trinajstić information content (AvgIpc) is 2.64. The number of fused-ring (bicyclic) bond motifs is 1. The summed E-state index contributed by atoms with van der Waals surface area (Å²) >= 11 is 0. The standard InChI is InChI=1S/C15H17N3O/c16-12-7-6-11(10-13(12)17)18-8-3-9-19-15-5-2-1-4-14(15)18/h1-2,4-7,10H,3,8-9,16-17H2. The van der Waals surface area contributed by atoms with Crippen molar-refractivity contribution < 1.29 is 4.74 Å². The number of para-hydroxylation sites is 2. The van der Waals surface area contributed by atoms with E-state index in [0.717, 1.165) is 36.7 Å². The zero-order chi connectivity index (χ0) is 13.2. The van der Waals surface area contributed by atoms with Crippen molar-refractivity contribution >= 4 is 22.7 Å². The summed E-state index contributed by atoms with van der Waals surface area (Å²) in [6.07, 6.45) is 0.971. The second kappa shape index (κ2) is 4.72. The van der Waals surface area contributed by atoms with Gasteiger partial charge in [0.05, 0.1) is 23.7 Å². The summed E-state index contributed by atoms with van der Waals surface area (Å²) < 4.78 is 5.76. The van der Waals surface area contributed by atoms with Gasteiger partial charge in [-0.25, -0.2) is 0 Å². The van der Waals surface area contributed by atoms with Gasteiger partial charge in [-0.05, 0) is 36.8 Å². The van der Waals surface area contributed by atoms with Crippen LogP contribution in [0, 0.1) is 0 Å². The van der Waals surface area contributed by atoms with E-state index >= 15 is 0 Å². The Hall–Kier alpha value is -2.36. The molecule has 4 nitrogen and oxygen atoms in total. The second-order valence-corrected chi connectivity index (χ2v) is 4.63. The first-order chi connectivity index (χ1) is 9.25. The van der Waals surface area contributed by atoms with E-state index in [-0.39, 0.29) is 0 Å². The molecule has 0 radical (unpaired) electrons. The van der Waals surface area contributed by atoms with Crippen LogP contribution in [0.15, 0.2) is 42.5 Å². The Bertz CT molecular complexity index is 598. The minimum atomic E-state index is 0.611. The van der Waals surface area contributed by atoms with Crippen molar-refractivity contribution in [1.29, 1.82) is 0 Å². The lowest BCUT2D eigenvalue weighted by Gasteiger charge is -2.24. The summed E-state index contributed by atoms with van der Waals surface area (Å²) in [7, 11) is 0. The predicted octanol–water partition coefficient (Wildman–Crippen LogP) is 2.77. The molecule has 0 aliphatic carbocycles. The SMILES string of the molecule is Nc1ccc(N2CCCOc3ccccc32)cc1N. The molecule has 0 aromatic heterocycles. The van der Waals surface area contributed by atoms with E-state index in [1.165, 1.54) is 0 Å². The summed E-state index contributed by atoms with van der Waals surface area (Å²) in [6.45, 7) is 1.64. The third kappa shape index (κ3) is 2.17. The number of anilines is 4. The van der Waals surface area contributed by atoms with E-state index in [1.807, 2.05) is 36.4 Å². The highest BCUT2D eigenvalue weighted by Gasteiger charge is 2.17. The van der Waals surface area contributed by atoms with E-state index in [9.17, 15) is 0 Å². The molecule has 4 heteroatoms. The molecule has 98 valence electrons. The van der Waals surface area contributed by atoms with E-state index in [4.69, 9.17) is 16.2 Å². The van der Waals surface area contributed by atoms with Crippen molar-refractivity contribution in [3.8, 4) is 5.75 Å². The first-order valence-corrected chi connectivity index (χ1v) is 6.40. The van der Waals surface area contributed by atoms with Crippen molar-refractivity contribution in [3.05, 3.63) is 42.5 Å². The fourth-order valence-electron chi connectivity index (χ4n) is 2.33. The van der Waals surface area contributed by atoms with Gasteiger partial charge in [0.2, 0.25) is 0 Å². The monoisotopic (exact) mass is 255 g/mol.